The Morgan fingerprint density at radius 1 is 1.44 bits per heavy atom. The maximum Gasteiger partial charge on any atom is 0.323 e. The number of esters is 1. The van der Waals surface area contributed by atoms with Crippen molar-refractivity contribution in [3.8, 4) is 0 Å². The summed E-state index contributed by atoms with van der Waals surface area (Å²) in [5.41, 5.74) is 8.04. The molecule has 4 heteroatoms. The molecule has 0 saturated heterocycles. The molecule has 0 amide bonds. The van der Waals surface area contributed by atoms with Gasteiger partial charge in [-0.15, -0.1) is 0 Å². The summed E-state index contributed by atoms with van der Waals surface area (Å²) >= 11 is 0. The van der Waals surface area contributed by atoms with Crippen molar-refractivity contribution in [3.05, 3.63) is 36.0 Å². The fourth-order valence-corrected chi connectivity index (χ4v) is 2.63. The van der Waals surface area contributed by atoms with E-state index in [9.17, 15) is 4.79 Å². The summed E-state index contributed by atoms with van der Waals surface area (Å²) in [5.74, 6) is -0.332. The van der Waals surface area contributed by atoms with E-state index in [1.54, 1.807) is 0 Å². The van der Waals surface area contributed by atoms with Crippen molar-refractivity contribution in [3.63, 3.8) is 0 Å². The van der Waals surface area contributed by atoms with Gasteiger partial charge in [-0.1, -0.05) is 6.07 Å². The summed E-state index contributed by atoms with van der Waals surface area (Å²) in [5, 5.41) is 1.15. The number of H-pyrrole nitrogens is 1. The third-order valence-corrected chi connectivity index (χ3v) is 3.97. The summed E-state index contributed by atoms with van der Waals surface area (Å²) in [6.07, 6.45) is 3.80. The van der Waals surface area contributed by atoms with Gasteiger partial charge in [0.2, 0.25) is 0 Å². The molecule has 0 radical (unpaired) electrons. The van der Waals surface area contributed by atoms with Crippen molar-refractivity contribution in [1.82, 2.24) is 4.98 Å². The van der Waals surface area contributed by atoms with Gasteiger partial charge in [0.25, 0.3) is 0 Å². The van der Waals surface area contributed by atoms with Gasteiger partial charge >= 0.3 is 5.97 Å². The average Bonchev–Trinajstić information content (AvgIpc) is 3.08. The third-order valence-electron chi connectivity index (χ3n) is 3.97. The number of benzene rings is 1. The van der Waals surface area contributed by atoms with Crippen molar-refractivity contribution in [2.45, 2.75) is 24.3 Å². The zero-order valence-corrected chi connectivity index (χ0v) is 10.3. The Labute approximate surface area is 105 Å². The van der Waals surface area contributed by atoms with Crippen LogP contribution in [0, 0.1) is 0 Å². The van der Waals surface area contributed by atoms with Crippen LogP contribution in [0.4, 0.5) is 0 Å². The molecule has 1 aromatic heterocycles. The van der Waals surface area contributed by atoms with Gasteiger partial charge in [0, 0.05) is 17.1 Å². The molecular formula is C14H16N2O2. The third kappa shape index (κ3) is 1.53. The number of hydrogen-bond donors (Lipinski definition) is 2. The second-order valence-corrected chi connectivity index (χ2v) is 4.94. The zero-order chi connectivity index (χ0) is 12.8. The van der Waals surface area contributed by atoms with E-state index in [1.165, 1.54) is 7.11 Å². The van der Waals surface area contributed by atoms with Crippen molar-refractivity contribution in [2.24, 2.45) is 5.73 Å². The molecule has 94 valence electrons. The maximum absolute atomic E-state index is 11.6. The minimum absolute atomic E-state index is 0.224. The van der Waals surface area contributed by atoms with E-state index in [-0.39, 0.29) is 11.4 Å². The number of nitrogens with one attached hydrogen (secondary N) is 1. The predicted molar refractivity (Wildman–Crippen MR) is 69.2 cm³/mol. The Morgan fingerprint density at radius 2 is 2.22 bits per heavy atom. The van der Waals surface area contributed by atoms with Crippen LogP contribution >= 0.6 is 0 Å². The van der Waals surface area contributed by atoms with Crippen LogP contribution in [0.25, 0.3) is 10.9 Å². The van der Waals surface area contributed by atoms with Crippen LogP contribution in [-0.4, -0.2) is 24.1 Å². The van der Waals surface area contributed by atoms with Crippen molar-refractivity contribution >= 4 is 16.9 Å². The first-order valence-corrected chi connectivity index (χ1v) is 6.08. The summed E-state index contributed by atoms with van der Waals surface area (Å²) in [4.78, 5) is 14.8. The molecule has 4 nitrogen and oxygen atoms in total. The van der Waals surface area contributed by atoms with Gasteiger partial charge in [0.1, 0.15) is 6.04 Å². The van der Waals surface area contributed by atoms with Gasteiger partial charge in [0.15, 0.2) is 0 Å². The van der Waals surface area contributed by atoms with E-state index in [0.717, 1.165) is 29.3 Å². The Bertz CT molecular complexity index is 599. The van der Waals surface area contributed by atoms with Crippen LogP contribution in [0.1, 0.15) is 18.4 Å². The number of methoxy groups -OCH3 is 1. The first-order valence-electron chi connectivity index (χ1n) is 6.08. The van der Waals surface area contributed by atoms with Gasteiger partial charge in [0.05, 0.1) is 7.11 Å². The monoisotopic (exact) mass is 244 g/mol. The normalized spacial score (nSPS) is 18.6. The second kappa shape index (κ2) is 3.85. The first-order chi connectivity index (χ1) is 8.67. The molecule has 18 heavy (non-hydrogen) atoms. The first kappa shape index (κ1) is 11.3. The number of carbonyl (C=O) groups excluding carboxylic acids is 1. The fraction of sp³-hybridized carbons (Fsp3) is 0.357. The van der Waals surface area contributed by atoms with E-state index < -0.39 is 6.04 Å². The minimum atomic E-state index is -0.570. The molecule has 0 bridgehead atoms. The lowest BCUT2D eigenvalue weighted by Gasteiger charge is -2.21. The highest BCUT2D eigenvalue weighted by atomic mass is 16.5. The smallest absolute Gasteiger partial charge is 0.323 e. The molecule has 1 atom stereocenters. The summed E-state index contributed by atoms with van der Waals surface area (Å²) in [7, 11) is 1.38. The lowest BCUT2D eigenvalue weighted by molar-refractivity contribution is -0.143. The molecule has 0 spiro atoms. The molecule has 3 N–H and O–H groups in total. The highest BCUT2D eigenvalue weighted by Gasteiger charge is 2.52. The lowest BCUT2D eigenvalue weighted by Crippen LogP contribution is -2.42. The van der Waals surface area contributed by atoms with Gasteiger partial charge in [-0.05, 0) is 42.0 Å². The number of fused-ring (bicyclic) bond motifs is 1. The van der Waals surface area contributed by atoms with Crippen LogP contribution in [0.15, 0.2) is 30.5 Å². The topological polar surface area (TPSA) is 68.1 Å². The van der Waals surface area contributed by atoms with Crippen LogP contribution in [0.3, 0.4) is 0 Å². The van der Waals surface area contributed by atoms with Crippen molar-refractivity contribution in [1.29, 1.82) is 0 Å². The maximum atomic E-state index is 11.6. The van der Waals surface area contributed by atoms with Gasteiger partial charge in [-0.3, -0.25) is 4.79 Å². The van der Waals surface area contributed by atoms with Crippen LogP contribution < -0.4 is 5.73 Å². The molecule has 1 unspecified atom stereocenters. The number of carbonyl (C=O) groups is 1. The zero-order valence-electron chi connectivity index (χ0n) is 10.3. The van der Waals surface area contributed by atoms with E-state index in [1.807, 2.05) is 18.3 Å². The predicted octanol–water partition coefficient (Wildman–Crippen LogP) is 1.70. The number of ether oxygens (including phenoxy) is 1. The van der Waals surface area contributed by atoms with Crippen LogP contribution in [0.2, 0.25) is 0 Å². The number of hydrogen-bond acceptors (Lipinski definition) is 3. The Balaban J connectivity index is 2.00. The fourth-order valence-electron chi connectivity index (χ4n) is 2.63. The van der Waals surface area contributed by atoms with Crippen molar-refractivity contribution < 1.29 is 9.53 Å². The molecule has 1 heterocycles. The average molecular weight is 244 g/mol. The van der Waals surface area contributed by atoms with E-state index in [0.29, 0.717) is 0 Å². The number of aromatic nitrogens is 1. The molecule has 1 aromatic carbocycles. The molecular weight excluding hydrogens is 228 g/mol. The summed E-state index contributed by atoms with van der Waals surface area (Å²) in [6.45, 7) is 0. The molecule has 1 fully saturated rings. The van der Waals surface area contributed by atoms with Gasteiger partial charge in [-0.2, -0.15) is 0 Å². The largest absolute Gasteiger partial charge is 0.468 e. The van der Waals surface area contributed by atoms with Crippen LogP contribution in [-0.2, 0) is 14.9 Å². The standard InChI is InChI=1S/C14H16N2O2/c1-18-13(17)12(15)14(5-6-14)10-2-3-11-9(8-10)4-7-16-11/h2-4,7-8,12,16H,5-6,15H2,1H3. The highest BCUT2D eigenvalue weighted by molar-refractivity contribution is 5.82. The number of rotatable bonds is 3. The van der Waals surface area contributed by atoms with Crippen molar-refractivity contribution in [2.75, 3.05) is 7.11 Å². The second-order valence-electron chi connectivity index (χ2n) is 4.94. The van der Waals surface area contributed by atoms with Gasteiger partial charge < -0.3 is 15.5 Å². The van der Waals surface area contributed by atoms with E-state index in [2.05, 4.69) is 17.1 Å². The lowest BCUT2D eigenvalue weighted by atomic mass is 9.88. The quantitative estimate of drug-likeness (QED) is 0.807. The Morgan fingerprint density at radius 3 is 2.89 bits per heavy atom. The summed E-state index contributed by atoms with van der Waals surface area (Å²) < 4.78 is 4.76. The molecule has 3 rings (SSSR count). The Hall–Kier alpha value is -1.81. The van der Waals surface area contributed by atoms with E-state index >= 15 is 0 Å². The van der Waals surface area contributed by atoms with E-state index in [4.69, 9.17) is 10.5 Å². The van der Waals surface area contributed by atoms with Crippen LogP contribution in [0.5, 0.6) is 0 Å². The molecule has 1 saturated carbocycles. The number of aromatic amines is 1. The van der Waals surface area contributed by atoms with Gasteiger partial charge in [-0.25, -0.2) is 0 Å². The molecule has 1 aliphatic carbocycles. The molecule has 0 aliphatic heterocycles. The number of nitrogens with two attached hydrogens (primary N) is 1. The minimum Gasteiger partial charge on any atom is -0.468 e. The highest BCUT2D eigenvalue weighted by Crippen LogP contribution is 2.51. The molecule has 1 aliphatic rings. The Kier molecular flexibility index (Phi) is 2.41. The molecule has 2 aromatic rings. The summed E-state index contributed by atoms with van der Waals surface area (Å²) in [6, 6.07) is 7.66. The SMILES string of the molecule is COC(=O)C(N)C1(c2ccc3[nH]ccc3c2)CC1.